The minimum Gasteiger partial charge on any atom is -0.370 e. The van der Waals surface area contributed by atoms with Crippen molar-refractivity contribution in [2.24, 2.45) is 10.7 Å². The number of aliphatic imine (C=N–C) groups is 1. The highest BCUT2D eigenvalue weighted by Gasteiger charge is 2.21. The molecule has 0 aliphatic heterocycles. The molecule has 1 aliphatic rings. The smallest absolute Gasteiger partial charge is 0.188 e. The number of aryl methyl sites for hydroxylation is 2. The van der Waals surface area contributed by atoms with Crippen LogP contribution in [0.3, 0.4) is 0 Å². The van der Waals surface area contributed by atoms with Gasteiger partial charge in [0.05, 0.1) is 11.4 Å². The lowest BCUT2D eigenvalue weighted by Crippen LogP contribution is -2.33. The second-order valence-electron chi connectivity index (χ2n) is 5.81. The largest absolute Gasteiger partial charge is 0.370 e. The fourth-order valence-electron chi connectivity index (χ4n) is 2.41. The predicted octanol–water partition coefficient (Wildman–Crippen LogP) is 2.18. The minimum absolute atomic E-state index is 0.565. The zero-order valence-corrected chi connectivity index (χ0v) is 13.0. The third-order valence-corrected chi connectivity index (χ3v) is 3.84. The van der Waals surface area contributed by atoms with Crippen molar-refractivity contribution in [2.45, 2.75) is 38.6 Å². The second-order valence-corrected chi connectivity index (χ2v) is 5.81. The number of benzene rings is 1. The van der Waals surface area contributed by atoms with Crippen LogP contribution >= 0.6 is 0 Å². The van der Waals surface area contributed by atoms with Crippen LogP contribution in [0.4, 0.5) is 0 Å². The molecule has 0 bridgehead atoms. The molecule has 0 saturated heterocycles. The third kappa shape index (κ3) is 3.87. The van der Waals surface area contributed by atoms with E-state index in [9.17, 15) is 0 Å². The first kappa shape index (κ1) is 14.6. The zero-order chi connectivity index (χ0) is 15.4. The van der Waals surface area contributed by atoms with Gasteiger partial charge in [-0.05, 0) is 50.3 Å². The first-order valence-electron chi connectivity index (χ1n) is 7.89. The zero-order valence-electron chi connectivity index (χ0n) is 13.0. The van der Waals surface area contributed by atoms with Crippen molar-refractivity contribution in [2.75, 3.05) is 6.54 Å². The summed E-state index contributed by atoms with van der Waals surface area (Å²) in [6, 6.07) is 10.7. The van der Waals surface area contributed by atoms with E-state index in [0.717, 1.165) is 30.8 Å². The van der Waals surface area contributed by atoms with Crippen LogP contribution < -0.4 is 11.1 Å². The molecule has 3 N–H and O–H groups in total. The molecule has 22 heavy (non-hydrogen) atoms. The molecule has 1 fully saturated rings. The summed E-state index contributed by atoms with van der Waals surface area (Å²) in [5.74, 6) is 0.583. The molecular weight excluding hydrogens is 274 g/mol. The maximum atomic E-state index is 5.83. The summed E-state index contributed by atoms with van der Waals surface area (Å²) < 4.78 is 1.94. The fraction of sp³-hybridized carbons (Fsp3) is 0.412. The molecule has 1 aliphatic carbocycles. The molecule has 1 heterocycles. The van der Waals surface area contributed by atoms with E-state index in [2.05, 4.69) is 40.7 Å². The third-order valence-electron chi connectivity index (χ3n) is 3.84. The highest BCUT2D eigenvalue weighted by Crippen LogP contribution is 2.18. The van der Waals surface area contributed by atoms with Gasteiger partial charge in [0.15, 0.2) is 5.96 Å². The Balaban J connectivity index is 1.53. The van der Waals surface area contributed by atoms with Gasteiger partial charge in [-0.3, -0.25) is 4.99 Å². The standard InChI is InChI=1S/C17H23N5/c1-13-14(6-5-11-19-17(18)20-15-9-10-15)12-22(21-13)16-7-3-2-4-8-16/h2-4,7-8,12,15H,5-6,9-11H2,1H3,(H3,18,19,20). The molecule has 2 aromatic rings. The van der Waals surface area contributed by atoms with E-state index >= 15 is 0 Å². The van der Waals surface area contributed by atoms with Crippen LogP contribution in [0.1, 0.15) is 30.5 Å². The summed E-state index contributed by atoms with van der Waals surface area (Å²) in [7, 11) is 0. The lowest BCUT2D eigenvalue weighted by Gasteiger charge is -2.02. The van der Waals surface area contributed by atoms with E-state index < -0.39 is 0 Å². The monoisotopic (exact) mass is 297 g/mol. The number of rotatable bonds is 6. The van der Waals surface area contributed by atoms with E-state index in [1.807, 2.05) is 22.9 Å². The maximum Gasteiger partial charge on any atom is 0.188 e. The van der Waals surface area contributed by atoms with Gasteiger partial charge in [0.25, 0.3) is 0 Å². The summed E-state index contributed by atoms with van der Waals surface area (Å²) in [6.45, 7) is 2.81. The Labute approximate surface area is 131 Å². The Morgan fingerprint density at radius 3 is 2.86 bits per heavy atom. The summed E-state index contributed by atoms with van der Waals surface area (Å²) in [5.41, 5.74) is 9.27. The van der Waals surface area contributed by atoms with Gasteiger partial charge in [0.1, 0.15) is 0 Å². The van der Waals surface area contributed by atoms with Gasteiger partial charge >= 0.3 is 0 Å². The number of aromatic nitrogens is 2. The molecule has 0 radical (unpaired) electrons. The Morgan fingerprint density at radius 1 is 1.36 bits per heavy atom. The van der Waals surface area contributed by atoms with Crippen LogP contribution in [-0.4, -0.2) is 28.3 Å². The maximum absolute atomic E-state index is 5.83. The van der Waals surface area contributed by atoms with Crippen molar-refractivity contribution in [1.82, 2.24) is 15.1 Å². The molecule has 0 amide bonds. The molecule has 116 valence electrons. The predicted molar refractivity (Wildman–Crippen MR) is 89.3 cm³/mol. The Bertz CT molecular complexity index is 640. The summed E-state index contributed by atoms with van der Waals surface area (Å²) >= 11 is 0. The van der Waals surface area contributed by atoms with Gasteiger partial charge in [-0.15, -0.1) is 0 Å². The fourth-order valence-corrected chi connectivity index (χ4v) is 2.41. The van der Waals surface area contributed by atoms with Gasteiger partial charge in [0.2, 0.25) is 0 Å². The highest BCUT2D eigenvalue weighted by atomic mass is 15.3. The number of hydrogen-bond donors (Lipinski definition) is 2. The molecule has 5 nitrogen and oxygen atoms in total. The van der Waals surface area contributed by atoms with Crippen molar-refractivity contribution in [3.63, 3.8) is 0 Å². The normalized spacial score (nSPS) is 15.0. The van der Waals surface area contributed by atoms with E-state index in [-0.39, 0.29) is 0 Å². The van der Waals surface area contributed by atoms with Gasteiger partial charge in [0, 0.05) is 18.8 Å². The number of para-hydroxylation sites is 1. The quantitative estimate of drug-likeness (QED) is 0.488. The first-order valence-corrected chi connectivity index (χ1v) is 7.89. The topological polar surface area (TPSA) is 68.2 Å². The van der Waals surface area contributed by atoms with Crippen molar-refractivity contribution in [1.29, 1.82) is 0 Å². The Morgan fingerprint density at radius 2 is 2.14 bits per heavy atom. The Hall–Kier alpha value is -2.30. The van der Waals surface area contributed by atoms with Crippen LogP contribution in [0.15, 0.2) is 41.5 Å². The lowest BCUT2D eigenvalue weighted by molar-refractivity contribution is 0.810. The minimum atomic E-state index is 0.565. The Kier molecular flexibility index (Phi) is 4.42. The van der Waals surface area contributed by atoms with E-state index in [1.165, 1.54) is 18.4 Å². The van der Waals surface area contributed by atoms with Crippen LogP contribution in [0.25, 0.3) is 5.69 Å². The average molecular weight is 297 g/mol. The van der Waals surface area contributed by atoms with Crippen LogP contribution in [-0.2, 0) is 6.42 Å². The summed E-state index contributed by atoms with van der Waals surface area (Å²) in [5, 5.41) is 7.79. The molecule has 3 rings (SSSR count). The van der Waals surface area contributed by atoms with Gasteiger partial charge in [-0.1, -0.05) is 18.2 Å². The summed E-state index contributed by atoms with van der Waals surface area (Å²) in [6.07, 6.45) is 6.50. The first-order chi connectivity index (χ1) is 10.7. The lowest BCUT2D eigenvalue weighted by atomic mass is 10.1. The number of nitrogens with two attached hydrogens (primary N) is 1. The van der Waals surface area contributed by atoms with Crippen molar-refractivity contribution < 1.29 is 0 Å². The van der Waals surface area contributed by atoms with Crippen molar-refractivity contribution >= 4 is 5.96 Å². The molecule has 1 aromatic heterocycles. The molecular formula is C17H23N5. The molecule has 1 aromatic carbocycles. The number of nitrogens with zero attached hydrogens (tertiary/aromatic N) is 3. The van der Waals surface area contributed by atoms with Gasteiger partial charge in [-0.25, -0.2) is 4.68 Å². The van der Waals surface area contributed by atoms with Crippen LogP contribution in [0.5, 0.6) is 0 Å². The second kappa shape index (κ2) is 6.64. The molecule has 0 unspecified atom stereocenters. The number of nitrogens with one attached hydrogen (secondary N) is 1. The van der Waals surface area contributed by atoms with E-state index in [0.29, 0.717) is 12.0 Å². The van der Waals surface area contributed by atoms with Crippen LogP contribution in [0, 0.1) is 6.92 Å². The summed E-state index contributed by atoms with van der Waals surface area (Å²) in [4.78, 5) is 4.37. The van der Waals surface area contributed by atoms with Crippen molar-refractivity contribution in [3.8, 4) is 5.69 Å². The van der Waals surface area contributed by atoms with Gasteiger partial charge in [-0.2, -0.15) is 5.10 Å². The molecule has 1 saturated carbocycles. The van der Waals surface area contributed by atoms with E-state index in [4.69, 9.17) is 5.73 Å². The van der Waals surface area contributed by atoms with Crippen LogP contribution in [0.2, 0.25) is 0 Å². The highest BCUT2D eigenvalue weighted by molar-refractivity contribution is 5.78. The molecule has 0 atom stereocenters. The van der Waals surface area contributed by atoms with Crippen molar-refractivity contribution in [3.05, 3.63) is 47.8 Å². The number of hydrogen-bond acceptors (Lipinski definition) is 2. The SMILES string of the molecule is Cc1nn(-c2ccccc2)cc1CCCN=C(N)NC1CC1. The van der Waals surface area contributed by atoms with E-state index in [1.54, 1.807) is 0 Å². The van der Waals surface area contributed by atoms with Gasteiger partial charge < -0.3 is 11.1 Å². The average Bonchev–Trinajstić information content (AvgIpc) is 3.26. The molecule has 5 heteroatoms. The molecule has 0 spiro atoms. The number of guanidine groups is 1.